The van der Waals surface area contributed by atoms with Crippen molar-refractivity contribution in [3.05, 3.63) is 82.6 Å². The Morgan fingerprint density at radius 2 is 2.00 bits per heavy atom. The molecule has 0 atom stereocenters. The summed E-state index contributed by atoms with van der Waals surface area (Å²) in [5.74, 6) is 1.68. The molecule has 1 amide bonds. The van der Waals surface area contributed by atoms with Gasteiger partial charge in [-0.05, 0) is 49.2 Å². The number of carbonyl (C=O) groups is 1. The highest BCUT2D eigenvalue weighted by molar-refractivity contribution is 6.32. The third-order valence-corrected chi connectivity index (χ3v) is 5.02. The average molecular weight is 494 g/mol. The van der Waals surface area contributed by atoms with Gasteiger partial charge >= 0.3 is 0 Å². The first-order valence-electron chi connectivity index (χ1n) is 10.6. The topological polar surface area (TPSA) is 107 Å². The molecule has 1 N–H and O–H groups in total. The molecule has 1 heterocycles. The van der Waals surface area contributed by atoms with Crippen molar-refractivity contribution < 1.29 is 23.5 Å². The lowest BCUT2D eigenvalue weighted by atomic mass is 10.0. The predicted molar refractivity (Wildman–Crippen MR) is 133 cm³/mol. The Morgan fingerprint density at radius 1 is 1.23 bits per heavy atom. The molecular weight excluding hydrogens is 470 g/mol. The van der Waals surface area contributed by atoms with Gasteiger partial charge in [-0.25, -0.2) is 0 Å². The van der Waals surface area contributed by atoms with Gasteiger partial charge in [-0.3, -0.25) is 4.79 Å². The Bertz CT molecular complexity index is 1280. The van der Waals surface area contributed by atoms with Gasteiger partial charge in [-0.2, -0.15) is 5.26 Å². The molecule has 35 heavy (non-hydrogen) atoms. The van der Waals surface area contributed by atoms with Crippen LogP contribution in [0, 0.1) is 18.3 Å². The summed E-state index contributed by atoms with van der Waals surface area (Å²) in [6.07, 6.45) is 3.66. The minimum Gasteiger partial charge on any atom is -0.493 e. The molecule has 0 saturated heterocycles. The summed E-state index contributed by atoms with van der Waals surface area (Å²) in [5.41, 5.74) is 1.24. The zero-order valence-corrected chi connectivity index (χ0v) is 20.1. The van der Waals surface area contributed by atoms with Gasteiger partial charge in [0.1, 0.15) is 36.4 Å². The van der Waals surface area contributed by atoms with E-state index in [0.717, 1.165) is 5.56 Å². The van der Waals surface area contributed by atoms with E-state index in [-0.39, 0.29) is 24.6 Å². The second kappa shape index (κ2) is 12.3. The Balaban J connectivity index is 1.78. The number of methoxy groups -OCH3 is 1. The van der Waals surface area contributed by atoms with E-state index in [1.54, 1.807) is 43.3 Å². The maximum Gasteiger partial charge on any atom is 0.267 e. The molecule has 3 aromatic rings. The number of amides is 1. The standard InChI is InChI=1S/C26H24ClN3O5/c1-4-7-19-13-18(14-20(16-28)26(31)29-24-12-17(2)35-30-24)15-23(32-3)25(19)34-11-10-33-22-9-6-5-8-21(22)27/h4-6,8-9,12-15H,1,7,10-11H2,2-3H3,(H,29,30,31). The van der Waals surface area contributed by atoms with Crippen LogP contribution in [0.1, 0.15) is 16.9 Å². The number of halogens is 1. The number of benzene rings is 2. The Hall–Kier alpha value is -4.22. The van der Waals surface area contributed by atoms with E-state index in [1.165, 1.54) is 13.2 Å². The van der Waals surface area contributed by atoms with Gasteiger partial charge in [-0.1, -0.05) is 35.0 Å². The first-order chi connectivity index (χ1) is 16.9. The lowest BCUT2D eigenvalue weighted by molar-refractivity contribution is -0.112. The van der Waals surface area contributed by atoms with Crippen molar-refractivity contribution in [2.45, 2.75) is 13.3 Å². The Labute approximate surface area is 208 Å². The monoisotopic (exact) mass is 493 g/mol. The van der Waals surface area contributed by atoms with E-state index in [1.807, 2.05) is 18.2 Å². The summed E-state index contributed by atoms with van der Waals surface area (Å²) in [5, 5.41) is 16.3. The summed E-state index contributed by atoms with van der Waals surface area (Å²) in [4.78, 5) is 12.5. The zero-order chi connectivity index (χ0) is 25.2. The summed E-state index contributed by atoms with van der Waals surface area (Å²) in [6, 6.07) is 14.1. The number of aromatic nitrogens is 1. The van der Waals surface area contributed by atoms with Gasteiger partial charge < -0.3 is 24.1 Å². The van der Waals surface area contributed by atoms with Crippen LogP contribution in [0.2, 0.25) is 5.02 Å². The molecule has 3 rings (SSSR count). The number of nitrogens with zero attached hydrogens (tertiary/aromatic N) is 2. The van der Waals surface area contributed by atoms with Crippen molar-refractivity contribution in [2.75, 3.05) is 25.6 Å². The Morgan fingerprint density at radius 3 is 2.66 bits per heavy atom. The fraction of sp³-hybridized carbons (Fsp3) is 0.192. The van der Waals surface area contributed by atoms with Crippen LogP contribution in [0.15, 0.2) is 65.2 Å². The van der Waals surface area contributed by atoms with E-state index >= 15 is 0 Å². The molecule has 9 heteroatoms. The summed E-state index contributed by atoms with van der Waals surface area (Å²) in [7, 11) is 1.51. The molecule has 8 nitrogen and oxygen atoms in total. The van der Waals surface area contributed by atoms with E-state index < -0.39 is 5.91 Å². The van der Waals surface area contributed by atoms with E-state index in [4.69, 9.17) is 30.3 Å². The van der Waals surface area contributed by atoms with Crippen molar-refractivity contribution in [1.82, 2.24) is 5.16 Å². The molecule has 0 radical (unpaired) electrons. The van der Waals surface area contributed by atoms with E-state index in [0.29, 0.717) is 40.0 Å². The van der Waals surface area contributed by atoms with Gasteiger partial charge in [0.05, 0.1) is 12.1 Å². The van der Waals surface area contributed by atoms with Gasteiger partial charge in [0.15, 0.2) is 17.3 Å². The van der Waals surface area contributed by atoms with Crippen LogP contribution in [0.25, 0.3) is 6.08 Å². The van der Waals surface area contributed by atoms with Crippen LogP contribution in [0.4, 0.5) is 5.82 Å². The molecule has 0 bridgehead atoms. The summed E-state index contributed by atoms with van der Waals surface area (Å²) in [6.45, 7) is 6.00. The van der Waals surface area contributed by atoms with Gasteiger partial charge in [0.25, 0.3) is 5.91 Å². The number of hydrogen-bond donors (Lipinski definition) is 1. The fourth-order valence-corrected chi connectivity index (χ4v) is 3.36. The number of ether oxygens (including phenoxy) is 3. The van der Waals surface area contributed by atoms with Crippen LogP contribution in [0.3, 0.4) is 0 Å². The van der Waals surface area contributed by atoms with E-state index in [2.05, 4.69) is 17.1 Å². The summed E-state index contributed by atoms with van der Waals surface area (Å²) >= 11 is 6.11. The molecule has 0 spiro atoms. The molecule has 0 saturated carbocycles. The molecule has 0 aliphatic rings. The number of nitrogens with one attached hydrogen (secondary N) is 1. The number of allylic oxidation sites excluding steroid dienone is 1. The SMILES string of the molecule is C=CCc1cc(C=C(C#N)C(=O)Nc2cc(C)on2)cc(OC)c1OCCOc1ccccc1Cl. The largest absolute Gasteiger partial charge is 0.493 e. The molecule has 180 valence electrons. The van der Waals surface area contributed by atoms with Crippen molar-refractivity contribution in [2.24, 2.45) is 0 Å². The number of hydrogen-bond acceptors (Lipinski definition) is 7. The quantitative estimate of drug-likeness (QED) is 0.165. The normalized spacial score (nSPS) is 10.9. The number of aryl methyl sites for hydroxylation is 1. The second-order valence-corrected chi connectivity index (χ2v) is 7.69. The van der Waals surface area contributed by atoms with Crippen LogP contribution in [-0.4, -0.2) is 31.4 Å². The Kier molecular flexibility index (Phi) is 8.93. The van der Waals surface area contributed by atoms with Crippen molar-refractivity contribution in [1.29, 1.82) is 5.26 Å². The number of nitriles is 1. The van der Waals surface area contributed by atoms with Crippen LogP contribution in [0.5, 0.6) is 17.2 Å². The third-order valence-electron chi connectivity index (χ3n) is 4.71. The lowest BCUT2D eigenvalue weighted by Gasteiger charge is -2.16. The smallest absolute Gasteiger partial charge is 0.267 e. The van der Waals surface area contributed by atoms with Crippen LogP contribution in [-0.2, 0) is 11.2 Å². The summed E-state index contributed by atoms with van der Waals surface area (Å²) < 4.78 is 22.1. The van der Waals surface area contributed by atoms with Crippen molar-refractivity contribution >= 4 is 29.4 Å². The third kappa shape index (κ3) is 6.88. The van der Waals surface area contributed by atoms with E-state index in [9.17, 15) is 10.1 Å². The molecule has 1 aromatic heterocycles. The molecule has 0 aliphatic carbocycles. The number of anilines is 1. The number of para-hydroxylation sites is 1. The molecule has 0 unspecified atom stereocenters. The molecule has 2 aromatic carbocycles. The average Bonchev–Trinajstić information content (AvgIpc) is 3.26. The lowest BCUT2D eigenvalue weighted by Crippen LogP contribution is -2.13. The zero-order valence-electron chi connectivity index (χ0n) is 19.3. The second-order valence-electron chi connectivity index (χ2n) is 7.28. The fourth-order valence-electron chi connectivity index (χ4n) is 3.17. The van der Waals surface area contributed by atoms with Crippen LogP contribution < -0.4 is 19.5 Å². The maximum absolute atomic E-state index is 12.5. The van der Waals surface area contributed by atoms with Crippen molar-refractivity contribution in [3.8, 4) is 23.3 Å². The highest BCUT2D eigenvalue weighted by Crippen LogP contribution is 2.34. The van der Waals surface area contributed by atoms with Gasteiger partial charge in [0, 0.05) is 11.6 Å². The molecule has 0 fully saturated rings. The minimum atomic E-state index is -0.609. The number of rotatable bonds is 11. The van der Waals surface area contributed by atoms with Gasteiger partial charge in [0.2, 0.25) is 0 Å². The van der Waals surface area contributed by atoms with Gasteiger partial charge in [-0.15, -0.1) is 6.58 Å². The highest BCUT2D eigenvalue weighted by atomic mass is 35.5. The maximum atomic E-state index is 12.5. The first kappa shape index (κ1) is 25.4. The predicted octanol–water partition coefficient (Wildman–Crippen LogP) is 5.38. The number of carbonyl (C=O) groups excluding carboxylic acids is 1. The van der Waals surface area contributed by atoms with Crippen LogP contribution >= 0.6 is 11.6 Å². The molecule has 0 aliphatic heterocycles. The molecular formula is C26H24ClN3O5. The first-order valence-corrected chi connectivity index (χ1v) is 11.0. The highest BCUT2D eigenvalue weighted by Gasteiger charge is 2.16. The van der Waals surface area contributed by atoms with Crippen molar-refractivity contribution in [3.63, 3.8) is 0 Å². The minimum absolute atomic E-state index is 0.112.